The fourth-order valence-electron chi connectivity index (χ4n) is 3.48. The van der Waals surface area contributed by atoms with E-state index in [9.17, 15) is 4.79 Å². The first-order valence-electron chi connectivity index (χ1n) is 9.62. The minimum atomic E-state index is -0.850. The van der Waals surface area contributed by atoms with Gasteiger partial charge in [-0.25, -0.2) is 4.98 Å². The Labute approximate surface area is 178 Å². The predicted octanol–water partition coefficient (Wildman–Crippen LogP) is 3.25. The largest absolute Gasteiger partial charge is 0.489 e. The maximum absolute atomic E-state index is 11.0. The van der Waals surface area contributed by atoms with Crippen LogP contribution in [0.1, 0.15) is 25.4 Å². The molecule has 3 heterocycles. The molecule has 10 heteroatoms. The molecule has 0 unspecified atom stereocenters. The third-order valence-electron chi connectivity index (χ3n) is 4.85. The minimum absolute atomic E-state index is 0.0107. The average Bonchev–Trinajstić information content (AvgIpc) is 3.27. The number of benzene rings is 1. The van der Waals surface area contributed by atoms with E-state index in [1.54, 1.807) is 12.1 Å². The molecule has 4 rings (SSSR count). The molecule has 30 heavy (non-hydrogen) atoms. The second-order valence-electron chi connectivity index (χ2n) is 7.45. The summed E-state index contributed by atoms with van der Waals surface area (Å²) in [4.78, 5) is 22.0. The standard InChI is InChI=1S/C20H22ClN5O4/c1-11(2)29-15-5-4-13(8-14(15)21)19-23-20(30-24-19)18-12(3)26-7-6-25(10-17(27)28)9-16(26)22-18/h4-5,8,11H,6-7,9-10H2,1-3H3,(H,27,28). The molecule has 0 atom stereocenters. The van der Waals surface area contributed by atoms with Gasteiger partial charge in [-0.15, -0.1) is 0 Å². The van der Waals surface area contributed by atoms with Crippen LogP contribution in [-0.2, 0) is 17.9 Å². The third-order valence-corrected chi connectivity index (χ3v) is 5.14. The number of aliphatic carboxylic acids is 1. The molecular formula is C20H22ClN5O4. The van der Waals surface area contributed by atoms with E-state index in [-0.39, 0.29) is 12.6 Å². The SMILES string of the molecule is Cc1c(-c2nc(-c3ccc(OC(C)C)c(Cl)c3)no2)nc2n1CCN(CC(=O)O)C2. The number of carbonyl (C=O) groups is 1. The van der Waals surface area contributed by atoms with Gasteiger partial charge in [-0.2, -0.15) is 4.98 Å². The van der Waals surface area contributed by atoms with Crippen LogP contribution in [0.3, 0.4) is 0 Å². The molecule has 158 valence electrons. The second kappa shape index (κ2) is 8.08. The van der Waals surface area contributed by atoms with E-state index in [2.05, 4.69) is 19.7 Å². The summed E-state index contributed by atoms with van der Waals surface area (Å²) in [5.41, 5.74) is 2.22. The number of hydrogen-bond acceptors (Lipinski definition) is 7. The summed E-state index contributed by atoms with van der Waals surface area (Å²) >= 11 is 6.32. The molecule has 2 aromatic heterocycles. The molecule has 0 spiro atoms. The van der Waals surface area contributed by atoms with Crippen LogP contribution in [0.2, 0.25) is 5.02 Å². The lowest BCUT2D eigenvalue weighted by molar-refractivity contribution is -0.138. The number of ether oxygens (including phenoxy) is 1. The summed E-state index contributed by atoms with van der Waals surface area (Å²) in [6, 6.07) is 5.35. The molecule has 0 aliphatic carbocycles. The molecule has 0 fully saturated rings. The number of halogens is 1. The zero-order valence-corrected chi connectivity index (χ0v) is 17.7. The van der Waals surface area contributed by atoms with E-state index in [4.69, 9.17) is 26.0 Å². The molecule has 1 N–H and O–H groups in total. The molecule has 0 saturated heterocycles. The predicted molar refractivity (Wildman–Crippen MR) is 109 cm³/mol. The first kappa shape index (κ1) is 20.4. The molecule has 1 aliphatic rings. The van der Waals surface area contributed by atoms with Crippen molar-refractivity contribution < 1.29 is 19.2 Å². The van der Waals surface area contributed by atoms with E-state index in [0.29, 0.717) is 53.4 Å². The Morgan fingerprint density at radius 2 is 2.13 bits per heavy atom. The molecule has 0 bridgehead atoms. The molecule has 1 aliphatic heterocycles. The Morgan fingerprint density at radius 1 is 1.33 bits per heavy atom. The van der Waals surface area contributed by atoms with E-state index in [1.807, 2.05) is 31.7 Å². The maximum Gasteiger partial charge on any atom is 0.317 e. The number of hydrogen-bond donors (Lipinski definition) is 1. The molecule has 3 aromatic rings. The van der Waals surface area contributed by atoms with Crippen LogP contribution < -0.4 is 4.74 Å². The Morgan fingerprint density at radius 3 is 2.83 bits per heavy atom. The number of rotatable bonds is 6. The summed E-state index contributed by atoms with van der Waals surface area (Å²) in [5.74, 6) is 1.25. The van der Waals surface area contributed by atoms with Gasteiger partial charge in [-0.3, -0.25) is 9.69 Å². The van der Waals surface area contributed by atoms with Gasteiger partial charge in [0.05, 0.1) is 24.2 Å². The molecule has 0 saturated carbocycles. The van der Waals surface area contributed by atoms with Gasteiger partial charge in [0, 0.05) is 24.3 Å². The Bertz CT molecular complexity index is 1090. The molecule has 1 aromatic carbocycles. The summed E-state index contributed by atoms with van der Waals surface area (Å²) in [6.45, 7) is 7.57. The zero-order chi connectivity index (χ0) is 21.4. The smallest absolute Gasteiger partial charge is 0.317 e. The van der Waals surface area contributed by atoms with Crippen molar-refractivity contribution in [3.8, 4) is 28.7 Å². The fraction of sp³-hybridized carbons (Fsp3) is 0.400. The Balaban J connectivity index is 1.59. The molecular weight excluding hydrogens is 410 g/mol. The van der Waals surface area contributed by atoms with Gasteiger partial charge >= 0.3 is 5.97 Å². The van der Waals surface area contributed by atoms with E-state index >= 15 is 0 Å². The van der Waals surface area contributed by atoms with Crippen molar-refractivity contribution in [3.63, 3.8) is 0 Å². The highest BCUT2D eigenvalue weighted by molar-refractivity contribution is 6.32. The van der Waals surface area contributed by atoms with Gasteiger partial charge in [0.2, 0.25) is 5.82 Å². The van der Waals surface area contributed by atoms with Gasteiger partial charge in [-0.1, -0.05) is 16.8 Å². The van der Waals surface area contributed by atoms with Crippen molar-refractivity contribution in [3.05, 3.63) is 34.7 Å². The highest BCUT2D eigenvalue weighted by atomic mass is 35.5. The van der Waals surface area contributed by atoms with Crippen molar-refractivity contribution in [1.82, 2.24) is 24.6 Å². The van der Waals surface area contributed by atoms with Gasteiger partial charge in [0.1, 0.15) is 17.3 Å². The number of imidazole rings is 1. The summed E-state index contributed by atoms with van der Waals surface area (Å²) in [6.07, 6.45) is 0.0199. The Kier molecular flexibility index (Phi) is 5.48. The van der Waals surface area contributed by atoms with Gasteiger partial charge in [0.25, 0.3) is 5.89 Å². The van der Waals surface area contributed by atoms with Crippen molar-refractivity contribution in [1.29, 1.82) is 0 Å². The number of aromatic nitrogens is 4. The number of carboxylic acid groups (broad SMARTS) is 1. The van der Waals surface area contributed by atoms with Gasteiger partial charge in [0.15, 0.2) is 0 Å². The van der Waals surface area contributed by atoms with E-state index in [1.165, 1.54) is 0 Å². The van der Waals surface area contributed by atoms with Crippen molar-refractivity contribution >= 4 is 17.6 Å². The molecule has 0 radical (unpaired) electrons. The normalized spacial score (nSPS) is 14.2. The molecule has 0 amide bonds. The van der Waals surface area contributed by atoms with Crippen LogP contribution in [0.25, 0.3) is 23.0 Å². The average molecular weight is 432 g/mol. The first-order valence-corrected chi connectivity index (χ1v) is 10.0. The van der Waals surface area contributed by atoms with Crippen molar-refractivity contribution in [2.45, 2.75) is 40.0 Å². The highest BCUT2D eigenvalue weighted by Crippen LogP contribution is 2.31. The quantitative estimate of drug-likeness (QED) is 0.633. The number of carboxylic acids is 1. The monoisotopic (exact) mass is 431 g/mol. The lowest BCUT2D eigenvalue weighted by Crippen LogP contribution is -2.37. The third kappa shape index (κ3) is 4.03. The van der Waals surface area contributed by atoms with Crippen LogP contribution in [0.5, 0.6) is 5.75 Å². The lowest BCUT2D eigenvalue weighted by atomic mass is 10.2. The maximum atomic E-state index is 11.0. The molecule has 9 nitrogen and oxygen atoms in total. The van der Waals surface area contributed by atoms with Crippen LogP contribution in [-0.4, -0.2) is 54.9 Å². The van der Waals surface area contributed by atoms with Gasteiger partial charge in [-0.05, 0) is 39.0 Å². The van der Waals surface area contributed by atoms with E-state index < -0.39 is 5.97 Å². The minimum Gasteiger partial charge on any atom is -0.489 e. The first-order chi connectivity index (χ1) is 14.3. The fourth-order valence-corrected chi connectivity index (χ4v) is 3.71. The zero-order valence-electron chi connectivity index (χ0n) is 16.9. The number of nitrogens with zero attached hydrogens (tertiary/aromatic N) is 5. The summed E-state index contributed by atoms with van der Waals surface area (Å²) < 4.78 is 13.2. The van der Waals surface area contributed by atoms with Crippen LogP contribution in [0.4, 0.5) is 0 Å². The summed E-state index contributed by atoms with van der Waals surface area (Å²) in [7, 11) is 0. The van der Waals surface area contributed by atoms with Crippen LogP contribution >= 0.6 is 11.6 Å². The Hall–Kier alpha value is -2.91. The van der Waals surface area contributed by atoms with Crippen LogP contribution in [0.15, 0.2) is 22.7 Å². The van der Waals surface area contributed by atoms with E-state index in [0.717, 1.165) is 11.5 Å². The highest BCUT2D eigenvalue weighted by Gasteiger charge is 2.26. The van der Waals surface area contributed by atoms with Crippen LogP contribution in [0, 0.1) is 6.92 Å². The van der Waals surface area contributed by atoms with Crippen molar-refractivity contribution in [2.75, 3.05) is 13.1 Å². The van der Waals surface area contributed by atoms with Crippen molar-refractivity contribution in [2.24, 2.45) is 0 Å². The second-order valence-corrected chi connectivity index (χ2v) is 7.86. The topological polar surface area (TPSA) is 107 Å². The summed E-state index contributed by atoms with van der Waals surface area (Å²) in [5, 5.41) is 13.6. The number of fused-ring (bicyclic) bond motifs is 1. The van der Waals surface area contributed by atoms with Gasteiger partial charge < -0.3 is 18.9 Å². The lowest BCUT2D eigenvalue weighted by Gasteiger charge is -2.26.